The molecule has 13 heavy (non-hydrogen) atoms. The van der Waals surface area contributed by atoms with Gasteiger partial charge in [-0.1, -0.05) is 0 Å². The second-order valence-electron chi connectivity index (χ2n) is 1.20. The Morgan fingerprint density at radius 1 is 0.846 bits per heavy atom. The molecule has 80 valence electrons. The maximum Gasteiger partial charge on any atom is 0.592 e. The average molecular weight is 263 g/mol. The Hall–Kier alpha value is -0.677. The zero-order chi connectivity index (χ0) is 8.57. The summed E-state index contributed by atoms with van der Waals surface area (Å²) in [6, 6.07) is 0. The maximum atomic E-state index is 9.29. The minimum absolute atomic E-state index is 0. The number of hydrogen-bond donors (Lipinski definition) is 0. The molecule has 0 atom stereocenters. The minimum atomic E-state index is -0.829. The summed E-state index contributed by atoms with van der Waals surface area (Å²) in [5.74, 6) is -1.66. The molecule has 0 saturated heterocycles. The van der Waals surface area contributed by atoms with E-state index in [1.54, 1.807) is 0 Å². The van der Waals surface area contributed by atoms with E-state index in [9.17, 15) is 9.59 Å². The van der Waals surface area contributed by atoms with Crippen molar-refractivity contribution < 1.29 is 41.0 Å². The summed E-state index contributed by atoms with van der Waals surface area (Å²) in [5.41, 5.74) is 0. The Morgan fingerprint density at radius 2 is 0.923 bits per heavy atom. The maximum absolute atomic E-state index is 9.29. The van der Waals surface area contributed by atoms with Gasteiger partial charge in [0.2, 0.25) is 0 Å². The zero-order valence-electron chi connectivity index (χ0n) is 6.63. The van der Waals surface area contributed by atoms with Crippen molar-refractivity contribution >= 4 is 29.5 Å². The smallest absolute Gasteiger partial charge is 0.592 e. The molecule has 0 fully saturated rings. The van der Waals surface area contributed by atoms with E-state index in [1.807, 2.05) is 0 Å². The van der Waals surface area contributed by atoms with Crippen LogP contribution in [0.2, 0.25) is 0 Å². The molecule has 0 aliphatic carbocycles. The third kappa shape index (κ3) is 89.1. The van der Waals surface area contributed by atoms with E-state index in [2.05, 4.69) is 0 Å². The number of carbonyl (C=O) groups is 2. The molecule has 9 heteroatoms. The van der Waals surface area contributed by atoms with Gasteiger partial charge in [0.15, 0.2) is 0 Å². The Morgan fingerprint density at radius 3 is 0.923 bits per heavy atom. The Kier molecular flexibility index (Phi) is 51.0. The largest absolute Gasteiger partial charge is 0.870 e. The van der Waals surface area contributed by atoms with Crippen LogP contribution in [-0.4, -0.2) is 74.1 Å². The molecule has 10 N–H and O–H groups in total. The van der Waals surface area contributed by atoms with E-state index in [-0.39, 0.29) is 28.5 Å². The predicted octanol–water partition coefficient (Wildman–Crippen LogP) is -4.81. The zero-order valence-corrected chi connectivity index (χ0v) is 8.72. The van der Waals surface area contributed by atoms with Crippen LogP contribution in [0.1, 0.15) is 0 Å². The van der Waals surface area contributed by atoms with Crippen LogP contribution in [0.5, 0.6) is 0 Å². The van der Waals surface area contributed by atoms with Gasteiger partial charge in [0.1, 0.15) is 0 Å². The van der Waals surface area contributed by atoms with Gasteiger partial charge in [-0.2, -0.15) is 0 Å². The van der Waals surface area contributed by atoms with Gasteiger partial charge in [0.05, 0.1) is 9.59 Å². The van der Waals surface area contributed by atoms with Gasteiger partial charge in [0.25, 0.3) is 0 Å². The van der Waals surface area contributed by atoms with E-state index in [4.69, 9.17) is 20.4 Å². The van der Waals surface area contributed by atoms with Crippen molar-refractivity contribution in [3.8, 4) is 0 Å². The summed E-state index contributed by atoms with van der Waals surface area (Å²) in [7, 11) is 0. The predicted molar refractivity (Wildman–Crippen MR) is 43.8 cm³/mol. The van der Waals surface area contributed by atoms with Crippen molar-refractivity contribution in [2.24, 2.45) is 0 Å². The van der Waals surface area contributed by atoms with Gasteiger partial charge in [-0.3, -0.25) is 0 Å². The summed E-state index contributed by atoms with van der Waals surface area (Å²) in [6.45, 7) is -0.833. The van der Waals surface area contributed by atoms with Crippen LogP contribution in [0, 0.1) is 0 Å². The Labute approximate surface area is 84.4 Å². The van der Waals surface area contributed by atoms with Crippen LogP contribution in [0.3, 0.4) is 0 Å². The second-order valence-corrected chi connectivity index (χ2v) is 1.20. The monoisotopic (exact) mass is 264 g/mol. The van der Waals surface area contributed by atoms with E-state index in [1.165, 1.54) is 0 Å². The molecular weight excluding hydrogens is 249 g/mol. The van der Waals surface area contributed by atoms with E-state index >= 15 is 0 Å². The fourth-order valence-electron chi connectivity index (χ4n) is 0. The Balaban J connectivity index is -0.0000000267. The normalized spacial score (nSPS) is 5.69. The van der Waals surface area contributed by atoms with Crippen LogP contribution in [0.25, 0.3) is 0 Å². The summed E-state index contributed by atoms with van der Waals surface area (Å²) >= 11 is 0. The number of carbonyl (C=O) groups excluding carboxylic acids is 2. The van der Waals surface area contributed by atoms with Crippen molar-refractivity contribution in [2.45, 2.75) is 0 Å². The van der Waals surface area contributed by atoms with Gasteiger partial charge < -0.3 is 31.4 Å². The summed E-state index contributed by atoms with van der Waals surface area (Å²) in [5, 5.41) is 24.2. The molecule has 0 aliphatic heterocycles. The van der Waals surface area contributed by atoms with E-state index in [0.29, 0.717) is 0 Å². The van der Waals surface area contributed by atoms with Crippen molar-refractivity contribution in [2.75, 3.05) is 13.2 Å². The van der Waals surface area contributed by atoms with Gasteiger partial charge in [-0.25, -0.2) is 0 Å². The fourth-order valence-corrected chi connectivity index (χ4v) is 0. The Bertz CT molecular complexity index is 101. The molecule has 8 nitrogen and oxygen atoms in total. The number of hydrogen-bond acceptors (Lipinski definition) is 4. The molecule has 0 aliphatic rings. The molecule has 0 aromatic heterocycles. The van der Waals surface area contributed by atoms with Gasteiger partial charge in [0, 0.05) is 17.6 Å². The SMILES string of the molecule is O=C([OH2+])C[OH2+].O=C([OH2+])C[OH2+].[Ge].[OH-].[OH-]. The van der Waals surface area contributed by atoms with Crippen molar-refractivity contribution in [3.05, 3.63) is 0 Å². The van der Waals surface area contributed by atoms with Gasteiger partial charge >= 0.3 is 25.2 Å². The van der Waals surface area contributed by atoms with Crippen LogP contribution in [-0.2, 0) is 9.59 Å². The van der Waals surface area contributed by atoms with Crippen LogP contribution in [0.15, 0.2) is 0 Å². The second kappa shape index (κ2) is 22.5. The first kappa shape index (κ1) is 29.5. The van der Waals surface area contributed by atoms with Gasteiger partial charge in [-0.15, -0.1) is 0 Å². The molecule has 0 amide bonds. The molecule has 0 heterocycles. The third-order valence-corrected chi connectivity index (χ3v) is 0.321. The quantitative estimate of drug-likeness (QED) is 0.357. The molecule has 0 bridgehead atoms. The first-order valence-corrected chi connectivity index (χ1v) is 2.32. The van der Waals surface area contributed by atoms with E-state index in [0.717, 1.165) is 0 Å². The molecule has 0 aromatic rings. The first-order chi connectivity index (χ1) is 4.54. The van der Waals surface area contributed by atoms with Crippen LogP contribution in [0.4, 0.5) is 0 Å². The summed E-state index contributed by atoms with van der Waals surface area (Å²) in [4.78, 5) is 18.6. The molecule has 0 rings (SSSR count). The summed E-state index contributed by atoms with van der Waals surface area (Å²) in [6.07, 6.45) is 0. The molecular formula is C4H14GeO8+2. The molecule has 0 aromatic carbocycles. The van der Waals surface area contributed by atoms with Gasteiger partial charge in [-0.05, 0) is 0 Å². The topological polar surface area (TPSA) is 186 Å². The van der Waals surface area contributed by atoms with Crippen molar-refractivity contribution in [1.82, 2.24) is 0 Å². The third-order valence-electron chi connectivity index (χ3n) is 0.321. The fraction of sp³-hybridized carbons (Fsp3) is 0.500. The average Bonchev–Trinajstić information content (AvgIpc) is 1.89. The minimum Gasteiger partial charge on any atom is -0.870 e. The number of rotatable bonds is 2. The van der Waals surface area contributed by atoms with E-state index < -0.39 is 25.2 Å². The van der Waals surface area contributed by atoms with Crippen molar-refractivity contribution in [3.63, 3.8) is 0 Å². The molecule has 4 radical (unpaired) electrons. The standard InChI is InChI=1S/2C2H4O3.Ge.2H2O/c2*3-1-2(4)5;;;/h2*3H,1H2,(H,4,5);;2*1H2/p+2. The summed E-state index contributed by atoms with van der Waals surface area (Å²) < 4.78 is 0. The van der Waals surface area contributed by atoms with Crippen LogP contribution >= 0.6 is 0 Å². The first-order valence-electron chi connectivity index (χ1n) is 2.32. The van der Waals surface area contributed by atoms with Crippen LogP contribution < -0.4 is 0 Å². The van der Waals surface area contributed by atoms with Crippen molar-refractivity contribution in [1.29, 1.82) is 0 Å². The molecule has 0 unspecified atom stereocenters. The molecule has 0 spiro atoms. The molecule has 0 saturated carbocycles.